The van der Waals surface area contributed by atoms with Gasteiger partial charge in [0.25, 0.3) is 17.7 Å². The van der Waals surface area contributed by atoms with Gasteiger partial charge in [-0.3, -0.25) is 19.3 Å². The largest absolute Gasteiger partial charge is 0.317 e. The lowest BCUT2D eigenvalue weighted by molar-refractivity contribution is -0.128. The van der Waals surface area contributed by atoms with Crippen LogP contribution >= 0.6 is 0 Å². The molecule has 0 N–H and O–H groups in total. The van der Waals surface area contributed by atoms with Crippen LogP contribution < -0.4 is 9.96 Å². The Morgan fingerprint density at radius 3 is 2.05 bits per heavy atom. The van der Waals surface area contributed by atoms with Crippen LogP contribution in [-0.2, 0) is 21.3 Å². The molecule has 5 rings (SSSR count). The smallest absolute Gasteiger partial charge is 0.266 e. The van der Waals surface area contributed by atoms with Gasteiger partial charge in [0.05, 0.1) is 22.5 Å². The van der Waals surface area contributed by atoms with Gasteiger partial charge in [-0.25, -0.2) is 4.90 Å². The third kappa shape index (κ3) is 6.05. The van der Waals surface area contributed by atoms with E-state index in [1.54, 1.807) is 30.3 Å². The van der Waals surface area contributed by atoms with Crippen molar-refractivity contribution in [1.29, 1.82) is 0 Å². The number of likely N-dealkylation sites (tertiary alicyclic amines) is 1. The van der Waals surface area contributed by atoms with Crippen molar-refractivity contribution in [2.75, 3.05) is 23.1 Å². The van der Waals surface area contributed by atoms with Gasteiger partial charge >= 0.3 is 0 Å². The van der Waals surface area contributed by atoms with Gasteiger partial charge in [-0.05, 0) is 79.8 Å². The first-order valence-corrected chi connectivity index (χ1v) is 17.2. The molecule has 1 saturated heterocycles. The molecule has 2 aliphatic heterocycles. The molecule has 3 aromatic rings. The zero-order chi connectivity index (χ0) is 29.3. The fourth-order valence-electron chi connectivity index (χ4n) is 5.53. The van der Waals surface area contributed by atoms with Crippen LogP contribution in [0.2, 0.25) is 13.1 Å². The molecule has 214 valence electrons. The highest BCUT2D eigenvalue weighted by Crippen LogP contribution is 2.40. The van der Waals surface area contributed by atoms with Crippen molar-refractivity contribution in [3.8, 4) is 0 Å². The maximum atomic E-state index is 14.2. The van der Waals surface area contributed by atoms with E-state index >= 15 is 0 Å². The molecule has 2 heterocycles. The molecular formula is C33H39N3O4Si. The summed E-state index contributed by atoms with van der Waals surface area (Å²) in [6, 6.07) is 22.9. The van der Waals surface area contributed by atoms with E-state index in [4.69, 9.17) is 4.53 Å². The number of hydrogen-bond acceptors (Lipinski definition) is 5. The molecular weight excluding hydrogens is 530 g/mol. The number of fused-ring (bicyclic) bond motifs is 1. The van der Waals surface area contributed by atoms with E-state index in [-0.39, 0.29) is 17.2 Å². The molecule has 0 spiro atoms. The minimum atomic E-state index is -1.76. The highest BCUT2D eigenvalue weighted by Gasteiger charge is 2.40. The molecule has 0 aliphatic carbocycles. The Morgan fingerprint density at radius 2 is 1.49 bits per heavy atom. The normalized spacial score (nSPS) is 16.4. The predicted molar refractivity (Wildman–Crippen MR) is 165 cm³/mol. The summed E-state index contributed by atoms with van der Waals surface area (Å²) in [5, 5.41) is 1.42. The Morgan fingerprint density at radius 1 is 0.902 bits per heavy atom. The molecule has 0 bridgehead atoms. The van der Waals surface area contributed by atoms with Crippen molar-refractivity contribution < 1.29 is 18.9 Å². The van der Waals surface area contributed by atoms with Crippen molar-refractivity contribution in [2.24, 2.45) is 5.92 Å². The minimum Gasteiger partial charge on any atom is -0.317 e. The summed E-state index contributed by atoms with van der Waals surface area (Å²) in [5.41, 5.74) is 3.58. The number of rotatable bonds is 7. The van der Waals surface area contributed by atoms with Crippen LogP contribution in [-0.4, -0.2) is 44.8 Å². The molecule has 1 fully saturated rings. The number of hydroxylamine groups is 1. The van der Waals surface area contributed by atoms with Crippen LogP contribution in [0.1, 0.15) is 65.5 Å². The van der Waals surface area contributed by atoms with Crippen molar-refractivity contribution in [3.63, 3.8) is 0 Å². The van der Waals surface area contributed by atoms with Crippen molar-refractivity contribution in [1.82, 2.24) is 4.90 Å². The average molecular weight is 570 g/mol. The Bertz CT molecular complexity index is 1410. The Hall–Kier alpha value is -3.59. The maximum Gasteiger partial charge on any atom is 0.266 e. The summed E-state index contributed by atoms with van der Waals surface area (Å²) >= 11 is 0. The topological polar surface area (TPSA) is 70.2 Å². The van der Waals surface area contributed by atoms with Crippen LogP contribution in [0, 0.1) is 5.92 Å². The van der Waals surface area contributed by atoms with Gasteiger partial charge in [0.15, 0.2) is 0 Å². The molecule has 0 saturated carbocycles. The van der Waals surface area contributed by atoms with Crippen LogP contribution in [0.5, 0.6) is 0 Å². The lowest BCUT2D eigenvalue weighted by atomic mass is 9.86. The second-order valence-electron chi connectivity index (χ2n) is 12.3. The van der Waals surface area contributed by atoms with E-state index in [2.05, 4.69) is 37.8 Å². The maximum absolute atomic E-state index is 14.2. The SMILES string of the molecule is C[SiH](C)ON(C(=O)C1CCN(Cc2ccccc2)CC1)c1cc(C(C)(C)C)ccc1N1C(=O)c2ccccc2C1=O. The van der Waals surface area contributed by atoms with Crippen LogP contribution in [0.15, 0.2) is 72.8 Å². The van der Waals surface area contributed by atoms with E-state index in [0.717, 1.165) is 25.2 Å². The predicted octanol–water partition coefficient (Wildman–Crippen LogP) is 5.94. The first-order valence-electron chi connectivity index (χ1n) is 14.4. The third-order valence-corrected chi connectivity index (χ3v) is 8.43. The lowest BCUT2D eigenvalue weighted by Gasteiger charge is -2.36. The quantitative estimate of drug-likeness (QED) is 0.200. The van der Waals surface area contributed by atoms with Gasteiger partial charge in [0, 0.05) is 12.5 Å². The number of imide groups is 1. The summed E-state index contributed by atoms with van der Waals surface area (Å²) in [5.74, 6) is -1.12. The number of anilines is 2. The van der Waals surface area contributed by atoms with Crippen LogP contribution in [0.4, 0.5) is 11.4 Å². The van der Waals surface area contributed by atoms with Gasteiger partial charge in [0.1, 0.15) is 0 Å². The summed E-state index contributed by atoms with van der Waals surface area (Å²) in [7, 11) is -1.76. The van der Waals surface area contributed by atoms with E-state index in [1.807, 2.05) is 43.4 Å². The highest BCUT2D eigenvalue weighted by atomic mass is 28.3. The number of carbonyl (C=O) groups excluding carboxylic acids is 3. The monoisotopic (exact) mass is 569 g/mol. The van der Waals surface area contributed by atoms with Crippen LogP contribution in [0.3, 0.4) is 0 Å². The number of hydrogen-bond donors (Lipinski definition) is 0. The van der Waals surface area contributed by atoms with E-state index < -0.39 is 20.9 Å². The number of nitrogens with zero attached hydrogens (tertiary/aromatic N) is 3. The van der Waals surface area contributed by atoms with E-state index in [0.29, 0.717) is 35.3 Å². The molecule has 3 aromatic carbocycles. The fourth-order valence-corrected chi connectivity index (χ4v) is 6.17. The summed E-state index contributed by atoms with van der Waals surface area (Å²) in [4.78, 5) is 44.8. The summed E-state index contributed by atoms with van der Waals surface area (Å²) in [6.07, 6.45) is 1.43. The second-order valence-corrected chi connectivity index (χ2v) is 14.6. The highest BCUT2D eigenvalue weighted by molar-refractivity contribution is 6.49. The number of piperidine rings is 1. The molecule has 0 unspecified atom stereocenters. The van der Waals surface area contributed by atoms with Gasteiger partial charge < -0.3 is 4.53 Å². The Balaban J connectivity index is 1.47. The number of benzene rings is 3. The third-order valence-electron chi connectivity index (χ3n) is 7.80. The molecule has 3 amide bonds. The molecule has 7 nitrogen and oxygen atoms in total. The van der Waals surface area contributed by atoms with Crippen molar-refractivity contribution in [3.05, 3.63) is 95.1 Å². The fraction of sp³-hybridized carbons (Fsp3) is 0.364. The number of amides is 3. The first-order chi connectivity index (χ1) is 19.5. The van der Waals surface area contributed by atoms with Crippen molar-refractivity contribution in [2.45, 2.75) is 58.7 Å². The molecule has 2 aliphatic rings. The molecule has 41 heavy (non-hydrogen) atoms. The number of carbonyl (C=O) groups is 3. The standard InChI is InChI=1S/C33H39N3O4Si/c1-33(2,3)25-15-16-28(35-31(38)26-13-9-10-14-27(26)32(35)39)29(21-25)36(40-41(4)5)30(37)24-17-19-34(20-18-24)22-23-11-7-6-8-12-23/h6-16,21,24,41H,17-20,22H2,1-5H3. The zero-order valence-corrected chi connectivity index (χ0v) is 25.7. The van der Waals surface area contributed by atoms with Crippen molar-refractivity contribution >= 4 is 38.1 Å². The van der Waals surface area contributed by atoms with E-state index in [9.17, 15) is 14.4 Å². The molecule has 0 aromatic heterocycles. The molecule has 0 radical (unpaired) electrons. The summed E-state index contributed by atoms with van der Waals surface area (Å²) in [6.45, 7) is 12.8. The van der Waals surface area contributed by atoms with Gasteiger partial charge in [-0.2, -0.15) is 5.06 Å². The molecule has 8 heteroatoms. The lowest BCUT2D eigenvalue weighted by Crippen LogP contribution is -2.45. The Labute approximate surface area is 244 Å². The first kappa shape index (κ1) is 28.9. The van der Waals surface area contributed by atoms with Gasteiger partial charge in [-0.1, -0.05) is 69.3 Å². The van der Waals surface area contributed by atoms with E-state index in [1.165, 1.54) is 15.5 Å². The molecule has 0 atom stereocenters. The average Bonchev–Trinajstić information content (AvgIpc) is 3.21. The summed E-state index contributed by atoms with van der Waals surface area (Å²) < 4.78 is 6.35. The Kier molecular flexibility index (Phi) is 8.27. The van der Waals surface area contributed by atoms with Gasteiger partial charge in [0.2, 0.25) is 9.04 Å². The zero-order valence-electron chi connectivity index (χ0n) is 24.6. The van der Waals surface area contributed by atoms with Gasteiger partial charge in [-0.15, -0.1) is 0 Å². The van der Waals surface area contributed by atoms with Crippen LogP contribution in [0.25, 0.3) is 0 Å². The second kappa shape index (κ2) is 11.7. The minimum absolute atomic E-state index is 0.116.